The van der Waals surface area contributed by atoms with Crippen LogP contribution in [0.5, 0.6) is 0 Å². The standard InChI is InChI=1S/C20H14F3I/c1-12(24)13-2-4-14(5-3-13)17-8-6-15(10-19(17)22)18-9-7-16(21)11-20(18)23/h2-12H,1H3/t12-/m0/s1. The van der Waals surface area contributed by atoms with E-state index in [1.165, 1.54) is 17.7 Å². The van der Waals surface area contributed by atoms with Gasteiger partial charge in [-0.3, -0.25) is 0 Å². The van der Waals surface area contributed by atoms with Crippen LogP contribution in [0.3, 0.4) is 0 Å². The lowest BCUT2D eigenvalue weighted by Crippen LogP contribution is -1.90. The van der Waals surface area contributed by atoms with Crippen molar-refractivity contribution < 1.29 is 13.2 Å². The first kappa shape index (κ1) is 17.0. The molecule has 3 aromatic rings. The smallest absolute Gasteiger partial charge is 0.133 e. The number of rotatable bonds is 3. The third-order valence-electron chi connectivity index (χ3n) is 3.89. The zero-order chi connectivity index (χ0) is 17.3. The van der Waals surface area contributed by atoms with Crippen LogP contribution in [0.25, 0.3) is 22.3 Å². The summed E-state index contributed by atoms with van der Waals surface area (Å²) >= 11 is 2.32. The van der Waals surface area contributed by atoms with Crippen LogP contribution >= 0.6 is 22.6 Å². The van der Waals surface area contributed by atoms with Crippen molar-refractivity contribution in [1.29, 1.82) is 0 Å². The maximum atomic E-state index is 14.5. The number of alkyl halides is 1. The van der Waals surface area contributed by atoms with Crippen LogP contribution in [0.1, 0.15) is 16.4 Å². The van der Waals surface area contributed by atoms with Gasteiger partial charge in [-0.05, 0) is 41.8 Å². The molecule has 0 aliphatic heterocycles. The molecule has 0 aliphatic rings. The van der Waals surface area contributed by atoms with E-state index in [0.717, 1.165) is 17.7 Å². The van der Waals surface area contributed by atoms with Crippen LogP contribution in [0.4, 0.5) is 13.2 Å². The lowest BCUT2D eigenvalue weighted by atomic mass is 9.98. The molecule has 0 aromatic heterocycles. The van der Waals surface area contributed by atoms with E-state index < -0.39 is 17.5 Å². The quantitative estimate of drug-likeness (QED) is 0.307. The van der Waals surface area contributed by atoms with E-state index >= 15 is 0 Å². The van der Waals surface area contributed by atoms with Crippen molar-refractivity contribution in [3.8, 4) is 22.3 Å². The zero-order valence-electron chi connectivity index (χ0n) is 12.9. The summed E-state index contributed by atoms with van der Waals surface area (Å²) in [6, 6.07) is 15.5. The van der Waals surface area contributed by atoms with Gasteiger partial charge in [0, 0.05) is 21.1 Å². The Labute approximate surface area is 152 Å². The zero-order valence-corrected chi connectivity index (χ0v) is 15.0. The van der Waals surface area contributed by atoms with Crippen molar-refractivity contribution in [2.24, 2.45) is 0 Å². The van der Waals surface area contributed by atoms with E-state index in [1.54, 1.807) is 12.1 Å². The summed E-state index contributed by atoms with van der Waals surface area (Å²) in [5.41, 5.74) is 2.94. The summed E-state index contributed by atoms with van der Waals surface area (Å²) < 4.78 is 41.7. The van der Waals surface area contributed by atoms with Crippen molar-refractivity contribution in [1.82, 2.24) is 0 Å². The van der Waals surface area contributed by atoms with E-state index in [0.29, 0.717) is 15.1 Å². The Morgan fingerprint density at radius 2 is 1.25 bits per heavy atom. The molecule has 0 fully saturated rings. The molecule has 3 aromatic carbocycles. The summed E-state index contributed by atoms with van der Waals surface area (Å²) in [6.45, 7) is 2.09. The molecule has 0 N–H and O–H groups in total. The summed E-state index contributed by atoms with van der Waals surface area (Å²) in [4.78, 5) is 0. The maximum absolute atomic E-state index is 14.5. The van der Waals surface area contributed by atoms with E-state index in [2.05, 4.69) is 29.5 Å². The van der Waals surface area contributed by atoms with Gasteiger partial charge in [0.05, 0.1) is 0 Å². The molecule has 0 heterocycles. The number of halogens is 4. The Balaban J connectivity index is 1.98. The third kappa shape index (κ3) is 3.48. The van der Waals surface area contributed by atoms with E-state index in [9.17, 15) is 13.2 Å². The van der Waals surface area contributed by atoms with Crippen molar-refractivity contribution >= 4 is 22.6 Å². The molecule has 0 aliphatic carbocycles. The highest BCUT2D eigenvalue weighted by Gasteiger charge is 2.11. The van der Waals surface area contributed by atoms with Crippen LogP contribution < -0.4 is 0 Å². The third-order valence-corrected chi connectivity index (χ3v) is 4.61. The average molecular weight is 438 g/mol. The molecular weight excluding hydrogens is 424 g/mol. The molecule has 4 heteroatoms. The second-order valence-electron chi connectivity index (χ2n) is 5.56. The fourth-order valence-corrected chi connectivity index (χ4v) is 2.98. The van der Waals surface area contributed by atoms with Crippen LogP contribution in [-0.4, -0.2) is 0 Å². The Bertz CT molecular complexity index is 871. The lowest BCUT2D eigenvalue weighted by Gasteiger charge is -2.09. The van der Waals surface area contributed by atoms with E-state index in [1.807, 2.05) is 24.3 Å². The lowest BCUT2D eigenvalue weighted by molar-refractivity contribution is 0.585. The average Bonchev–Trinajstić information content (AvgIpc) is 2.55. The SMILES string of the molecule is C[C@H](I)c1ccc(-c2ccc(-c3ccc(F)cc3F)cc2F)cc1. The molecular formula is C20H14F3I. The minimum absolute atomic E-state index is 0.177. The molecule has 3 rings (SSSR count). The van der Waals surface area contributed by atoms with Gasteiger partial charge >= 0.3 is 0 Å². The number of benzene rings is 3. The molecule has 0 amide bonds. The summed E-state index contributed by atoms with van der Waals surface area (Å²) in [6.07, 6.45) is 0. The molecule has 0 bridgehead atoms. The fourth-order valence-electron chi connectivity index (χ4n) is 2.57. The van der Waals surface area contributed by atoms with E-state index in [4.69, 9.17) is 0 Å². The monoisotopic (exact) mass is 438 g/mol. The first-order valence-electron chi connectivity index (χ1n) is 7.45. The molecule has 0 spiro atoms. The normalized spacial score (nSPS) is 12.2. The first-order valence-corrected chi connectivity index (χ1v) is 8.69. The van der Waals surface area contributed by atoms with Crippen molar-refractivity contribution in [2.45, 2.75) is 10.8 Å². The summed E-state index contributed by atoms with van der Waals surface area (Å²) in [5, 5.41) is 0. The highest BCUT2D eigenvalue weighted by molar-refractivity contribution is 14.1. The number of hydrogen-bond donors (Lipinski definition) is 0. The fraction of sp³-hybridized carbons (Fsp3) is 0.100. The molecule has 122 valence electrons. The molecule has 0 unspecified atom stereocenters. The first-order chi connectivity index (χ1) is 11.5. The molecule has 0 radical (unpaired) electrons. The van der Waals surface area contributed by atoms with Crippen molar-refractivity contribution in [3.63, 3.8) is 0 Å². The largest absolute Gasteiger partial charge is 0.207 e. The molecule has 24 heavy (non-hydrogen) atoms. The Hall–Kier alpha value is -1.82. The van der Waals surface area contributed by atoms with Gasteiger partial charge in [-0.2, -0.15) is 0 Å². The Morgan fingerprint density at radius 1 is 0.708 bits per heavy atom. The van der Waals surface area contributed by atoms with Gasteiger partial charge in [-0.25, -0.2) is 13.2 Å². The highest BCUT2D eigenvalue weighted by Crippen LogP contribution is 2.31. The second-order valence-corrected chi connectivity index (χ2v) is 7.43. The molecule has 0 nitrogen and oxygen atoms in total. The minimum atomic E-state index is -0.706. The van der Waals surface area contributed by atoms with Crippen LogP contribution in [0.2, 0.25) is 0 Å². The van der Waals surface area contributed by atoms with Crippen molar-refractivity contribution in [2.75, 3.05) is 0 Å². The summed E-state index contributed by atoms with van der Waals surface area (Å²) in [7, 11) is 0. The predicted octanol–water partition coefficient (Wildman–Crippen LogP) is 6.93. The second kappa shape index (κ2) is 6.97. The van der Waals surface area contributed by atoms with Gasteiger partial charge < -0.3 is 0 Å². The van der Waals surface area contributed by atoms with Crippen LogP contribution in [0.15, 0.2) is 60.7 Å². The topological polar surface area (TPSA) is 0 Å². The Morgan fingerprint density at radius 3 is 1.83 bits per heavy atom. The predicted molar refractivity (Wildman–Crippen MR) is 99.6 cm³/mol. The van der Waals surface area contributed by atoms with Crippen LogP contribution in [-0.2, 0) is 0 Å². The molecule has 1 atom stereocenters. The van der Waals surface area contributed by atoms with Gasteiger partial charge in [0.25, 0.3) is 0 Å². The molecule has 0 saturated heterocycles. The van der Waals surface area contributed by atoms with Gasteiger partial charge in [0.15, 0.2) is 0 Å². The highest BCUT2D eigenvalue weighted by atomic mass is 127. The van der Waals surface area contributed by atoms with E-state index in [-0.39, 0.29) is 5.56 Å². The molecule has 0 saturated carbocycles. The van der Waals surface area contributed by atoms with Gasteiger partial charge in [-0.1, -0.05) is 59.0 Å². The number of hydrogen-bond acceptors (Lipinski definition) is 0. The van der Waals surface area contributed by atoms with Gasteiger partial charge in [0.1, 0.15) is 17.5 Å². The van der Waals surface area contributed by atoms with Crippen molar-refractivity contribution in [3.05, 3.63) is 83.7 Å². The minimum Gasteiger partial charge on any atom is -0.207 e. The summed E-state index contributed by atoms with van der Waals surface area (Å²) in [5.74, 6) is -1.80. The van der Waals surface area contributed by atoms with Gasteiger partial charge in [-0.15, -0.1) is 0 Å². The van der Waals surface area contributed by atoms with Gasteiger partial charge in [0.2, 0.25) is 0 Å². The van der Waals surface area contributed by atoms with Crippen LogP contribution in [0, 0.1) is 17.5 Å². The maximum Gasteiger partial charge on any atom is 0.133 e. The Kier molecular flexibility index (Phi) is 4.94.